The molecule has 2 aliphatic heterocycles. The van der Waals surface area contributed by atoms with Crippen LogP contribution in [0.2, 0.25) is 0 Å². The van der Waals surface area contributed by atoms with Gasteiger partial charge in [-0.1, -0.05) is 0 Å². The highest BCUT2D eigenvalue weighted by atomic mass is 32.1. The molecule has 0 unspecified atom stereocenters. The molecule has 5 heterocycles. The van der Waals surface area contributed by atoms with E-state index in [0.717, 1.165) is 17.8 Å². The second-order valence-corrected chi connectivity index (χ2v) is 10.8. The number of anilines is 2. The molecule has 3 aromatic rings. The molecule has 0 aromatic carbocycles. The first-order chi connectivity index (χ1) is 19.1. The molecule has 3 N–H and O–H groups in total. The molecule has 15 heteroatoms. The van der Waals surface area contributed by atoms with Gasteiger partial charge in [0.2, 0.25) is 11.9 Å². The number of aliphatic hydroxyl groups excluding tert-OH is 1. The number of alkyl halides is 3. The number of halogens is 3. The second kappa shape index (κ2) is 11.8. The van der Waals surface area contributed by atoms with Gasteiger partial charge < -0.3 is 25.4 Å². The summed E-state index contributed by atoms with van der Waals surface area (Å²) < 4.78 is 48.2. The lowest BCUT2D eigenvalue weighted by Crippen LogP contribution is -2.51. The van der Waals surface area contributed by atoms with Gasteiger partial charge in [-0.25, -0.2) is 15.0 Å². The van der Waals surface area contributed by atoms with Gasteiger partial charge in [0.15, 0.2) is 0 Å². The van der Waals surface area contributed by atoms with Gasteiger partial charge in [0.1, 0.15) is 12.4 Å². The molecule has 0 radical (unpaired) electrons. The number of nitrogens with zero attached hydrogens (tertiary/aromatic N) is 7. The number of ether oxygens (including phenoxy) is 1. The minimum atomic E-state index is -4.64. The maximum atomic E-state index is 14.1. The van der Waals surface area contributed by atoms with E-state index in [1.165, 1.54) is 11.3 Å². The molecule has 11 nitrogen and oxygen atoms in total. The number of aromatic nitrogens is 3. The zero-order chi connectivity index (χ0) is 28.4. The van der Waals surface area contributed by atoms with Gasteiger partial charge >= 0.3 is 6.18 Å². The first-order valence-electron chi connectivity index (χ1n) is 12.9. The Bertz CT molecular complexity index is 1360. The standard InChI is InChI=1S/C25H31F3N8O3S/c1-33(15-34-2-4-35(5-3-34)20(38)13-37)12-16-14-40-23-21(16)31-24(36-6-8-39-9-7-36)32-22(23)17-11-30-19(29)10-18(17)25(26,27)28/h10-11,14,37H,2-9,12-13,15H2,1H3,(H2,29,30). The fourth-order valence-electron chi connectivity index (χ4n) is 4.97. The van der Waals surface area contributed by atoms with Crippen LogP contribution in [0.1, 0.15) is 11.1 Å². The Balaban J connectivity index is 1.46. The lowest BCUT2D eigenvalue weighted by Gasteiger charge is -2.36. The second-order valence-electron chi connectivity index (χ2n) is 9.88. The number of hydrogen-bond acceptors (Lipinski definition) is 11. The molecule has 2 aliphatic rings. The van der Waals surface area contributed by atoms with Gasteiger partial charge in [-0.05, 0) is 18.5 Å². The Morgan fingerprint density at radius 1 is 1.18 bits per heavy atom. The largest absolute Gasteiger partial charge is 0.417 e. The summed E-state index contributed by atoms with van der Waals surface area (Å²) in [6.45, 7) is 5.12. The van der Waals surface area contributed by atoms with Gasteiger partial charge in [0.25, 0.3) is 0 Å². The predicted octanol–water partition coefficient (Wildman–Crippen LogP) is 1.72. The lowest BCUT2D eigenvalue weighted by molar-refractivity contribution is -0.137. The zero-order valence-electron chi connectivity index (χ0n) is 22.0. The number of nitrogen functional groups attached to an aromatic ring is 1. The Morgan fingerprint density at radius 3 is 2.58 bits per heavy atom. The van der Waals surface area contributed by atoms with Gasteiger partial charge in [-0.3, -0.25) is 14.6 Å². The van der Waals surface area contributed by atoms with Crippen LogP contribution in [0.4, 0.5) is 24.9 Å². The van der Waals surface area contributed by atoms with Crippen molar-refractivity contribution in [2.45, 2.75) is 12.7 Å². The number of nitrogens with two attached hydrogens (primary N) is 1. The highest BCUT2D eigenvalue weighted by molar-refractivity contribution is 7.17. The van der Waals surface area contributed by atoms with Gasteiger partial charge in [0, 0.05) is 63.1 Å². The first kappa shape index (κ1) is 28.4. The summed E-state index contributed by atoms with van der Waals surface area (Å²) in [4.78, 5) is 33.0. The van der Waals surface area contributed by atoms with Crippen molar-refractivity contribution in [3.05, 3.63) is 28.8 Å². The van der Waals surface area contributed by atoms with Crippen LogP contribution in [0.25, 0.3) is 21.5 Å². The summed E-state index contributed by atoms with van der Waals surface area (Å²) in [5, 5.41) is 11.0. The van der Waals surface area contributed by atoms with E-state index >= 15 is 0 Å². The maximum Gasteiger partial charge on any atom is 0.417 e. The minimum absolute atomic E-state index is 0.138. The number of piperazine rings is 1. The molecule has 0 saturated carbocycles. The van der Waals surface area contributed by atoms with E-state index in [2.05, 4.69) is 19.8 Å². The van der Waals surface area contributed by atoms with E-state index in [1.807, 2.05) is 17.3 Å². The van der Waals surface area contributed by atoms with E-state index in [0.29, 0.717) is 81.9 Å². The number of rotatable bonds is 7. The number of carbonyl (C=O) groups is 1. The van der Waals surface area contributed by atoms with Crippen LogP contribution in [0, 0.1) is 0 Å². The smallest absolute Gasteiger partial charge is 0.387 e. The number of morpholine rings is 1. The van der Waals surface area contributed by atoms with E-state index in [9.17, 15) is 18.0 Å². The Hall–Kier alpha value is -3.11. The molecule has 5 rings (SSSR count). The van der Waals surface area contributed by atoms with Crippen LogP contribution in [0.3, 0.4) is 0 Å². The highest BCUT2D eigenvalue weighted by Crippen LogP contribution is 2.41. The fourth-order valence-corrected chi connectivity index (χ4v) is 5.97. The zero-order valence-corrected chi connectivity index (χ0v) is 22.8. The van der Waals surface area contributed by atoms with Crippen LogP contribution in [-0.4, -0.2) is 113 Å². The summed E-state index contributed by atoms with van der Waals surface area (Å²) >= 11 is 1.31. The lowest BCUT2D eigenvalue weighted by atomic mass is 10.1. The van der Waals surface area contributed by atoms with Crippen molar-refractivity contribution >= 4 is 39.2 Å². The van der Waals surface area contributed by atoms with Gasteiger partial charge in [0.05, 0.1) is 41.4 Å². The number of amides is 1. The van der Waals surface area contributed by atoms with Crippen molar-refractivity contribution in [3.8, 4) is 11.3 Å². The molecule has 0 aliphatic carbocycles. The van der Waals surface area contributed by atoms with Crippen molar-refractivity contribution < 1.29 is 27.8 Å². The predicted molar refractivity (Wildman–Crippen MR) is 145 cm³/mol. The summed E-state index contributed by atoms with van der Waals surface area (Å²) in [6, 6.07) is 0.841. The normalized spacial score (nSPS) is 17.2. The van der Waals surface area contributed by atoms with Crippen LogP contribution in [0.15, 0.2) is 17.6 Å². The Kier molecular flexibility index (Phi) is 8.37. The fraction of sp³-hybridized carbons (Fsp3) is 0.520. The molecule has 216 valence electrons. The molecule has 2 fully saturated rings. The average molecular weight is 581 g/mol. The Labute approximate surface area is 233 Å². The molecule has 0 spiro atoms. The van der Waals surface area contributed by atoms with E-state index < -0.39 is 18.3 Å². The third-order valence-electron chi connectivity index (χ3n) is 7.00. The topological polar surface area (TPSA) is 124 Å². The summed E-state index contributed by atoms with van der Waals surface area (Å²) in [6.07, 6.45) is -3.51. The number of aliphatic hydroxyl groups is 1. The summed E-state index contributed by atoms with van der Waals surface area (Å²) in [5.74, 6) is -0.137. The molecule has 0 bridgehead atoms. The van der Waals surface area contributed by atoms with E-state index in [-0.39, 0.29) is 23.0 Å². The average Bonchev–Trinajstić information content (AvgIpc) is 3.35. The van der Waals surface area contributed by atoms with Crippen molar-refractivity contribution in [1.82, 2.24) is 29.7 Å². The minimum Gasteiger partial charge on any atom is -0.387 e. The molecular formula is C25H31F3N8O3S. The number of thiophene rings is 1. The number of carbonyl (C=O) groups excluding carboxylic acids is 1. The first-order valence-corrected chi connectivity index (χ1v) is 13.8. The molecule has 40 heavy (non-hydrogen) atoms. The third kappa shape index (κ3) is 6.12. The van der Waals surface area contributed by atoms with E-state index in [1.54, 1.807) is 4.90 Å². The number of pyridine rings is 1. The maximum absolute atomic E-state index is 14.1. The molecular weight excluding hydrogens is 549 g/mol. The molecule has 1 amide bonds. The van der Waals surface area contributed by atoms with Crippen molar-refractivity contribution in [2.24, 2.45) is 0 Å². The SMILES string of the molecule is CN(Cc1csc2c(-c3cnc(N)cc3C(F)(F)F)nc(N3CCOCC3)nc12)CN1CCN(C(=O)CO)CC1. The Morgan fingerprint density at radius 2 is 1.90 bits per heavy atom. The quantitative estimate of drug-likeness (QED) is 0.427. The number of hydrogen-bond donors (Lipinski definition) is 2. The van der Waals surface area contributed by atoms with Gasteiger partial charge in [-0.15, -0.1) is 11.3 Å². The monoisotopic (exact) mass is 580 g/mol. The highest BCUT2D eigenvalue weighted by Gasteiger charge is 2.36. The molecule has 0 atom stereocenters. The molecule has 2 saturated heterocycles. The number of fused-ring (bicyclic) bond motifs is 1. The van der Waals surface area contributed by atoms with Crippen LogP contribution < -0.4 is 10.6 Å². The summed E-state index contributed by atoms with van der Waals surface area (Å²) in [7, 11) is 1.96. The summed E-state index contributed by atoms with van der Waals surface area (Å²) in [5.41, 5.74) is 6.26. The van der Waals surface area contributed by atoms with Crippen molar-refractivity contribution in [2.75, 3.05) is 83.4 Å². The van der Waals surface area contributed by atoms with E-state index in [4.69, 9.17) is 20.6 Å². The third-order valence-corrected chi connectivity index (χ3v) is 8.02. The van der Waals surface area contributed by atoms with Crippen molar-refractivity contribution in [3.63, 3.8) is 0 Å². The van der Waals surface area contributed by atoms with Crippen molar-refractivity contribution in [1.29, 1.82) is 0 Å². The van der Waals surface area contributed by atoms with Crippen LogP contribution >= 0.6 is 11.3 Å². The van der Waals surface area contributed by atoms with Crippen LogP contribution in [0.5, 0.6) is 0 Å². The molecule has 3 aromatic heterocycles. The van der Waals surface area contributed by atoms with Crippen LogP contribution in [-0.2, 0) is 22.3 Å². The van der Waals surface area contributed by atoms with Gasteiger partial charge in [-0.2, -0.15) is 13.2 Å².